The summed E-state index contributed by atoms with van der Waals surface area (Å²) in [4.78, 5) is 6.41. The number of rotatable bonds is 5. The summed E-state index contributed by atoms with van der Waals surface area (Å²) in [5, 5.41) is 4.22. The highest BCUT2D eigenvalue weighted by Gasteiger charge is 2.13. The maximum Gasteiger partial charge on any atom is 0.0634 e. The quantitative estimate of drug-likeness (QED) is 0.880. The molecule has 1 saturated heterocycles. The summed E-state index contributed by atoms with van der Waals surface area (Å²) in [6.07, 6.45) is 3.46. The number of nitrogens with zero attached hydrogens (tertiary/aromatic N) is 2. The van der Waals surface area contributed by atoms with Crippen LogP contribution in [0.3, 0.4) is 0 Å². The summed E-state index contributed by atoms with van der Waals surface area (Å²) < 4.78 is 5.34. The van der Waals surface area contributed by atoms with Crippen LogP contribution < -0.4 is 5.32 Å². The van der Waals surface area contributed by atoms with Crippen LogP contribution in [-0.4, -0.2) is 48.8 Å². The first kappa shape index (κ1) is 13.7. The number of hydrogen-bond donors (Lipinski definition) is 1. The highest BCUT2D eigenvalue weighted by Crippen LogP contribution is 2.13. The number of ether oxygens (including phenoxy) is 1. The lowest BCUT2D eigenvalue weighted by atomic mass is 10.2. The molecule has 1 aliphatic heterocycles. The van der Waals surface area contributed by atoms with Gasteiger partial charge in [-0.3, -0.25) is 9.88 Å². The van der Waals surface area contributed by atoms with Crippen molar-refractivity contribution in [1.29, 1.82) is 0 Å². The molecule has 5 heteroatoms. The second-order valence-electron chi connectivity index (χ2n) is 4.66. The fourth-order valence-electron chi connectivity index (χ4n) is 2.07. The van der Waals surface area contributed by atoms with Crippen LogP contribution in [0.4, 0.5) is 0 Å². The second-order valence-corrected chi connectivity index (χ2v) is 5.07. The van der Waals surface area contributed by atoms with E-state index in [1.807, 2.05) is 6.07 Å². The van der Waals surface area contributed by atoms with E-state index >= 15 is 0 Å². The highest BCUT2D eigenvalue weighted by atomic mass is 35.5. The van der Waals surface area contributed by atoms with Crippen molar-refractivity contribution in [1.82, 2.24) is 15.2 Å². The average molecular weight is 270 g/mol. The van der Waals surface area contributed by atoms with E-state index in [2.05, 4.69) is 22.1 Å². The summed E-state index contributed by atoms with van der Waals surface area (Å²) in [5.41, 5.74) is 1.10. The standard InChI is InChI=1S/C13H20ClN3O/c1-11(10-17-4-6-18-7-5-17)16-8-12-2-3-15-9-13(12)14/h2-3,9,11,16H,4-8,10H2,1H3. The maximum atomic E-state index is 6.07. The zero-order valence-electron chi connectivity index (χ0n) is 10.7. The molecule has 18 heavy (non-hydrogen) atoms. The minimum atomic E-state index is 0.437. The lowest BCUT2D eigenvalue weighted by molar-refractivity contribution is 0.0343. The van der Waals surface area contributed by atoms with Crippen LogP contribution in [0.15, 0.2) is 18.5 Å². The number of morpholine rings is 1. The van der Waals surface area contributed by atoms with E-state index in [4.69, 9.17) is 16.3 Å². The second kappa shape index (κ2) is 7.04. The largest absolute Gasteiger partial charge is 0.379 e. The molecule has 1 N–H and O–H groups in total. The van der Waals surface area contributed by atoms with E-state index in [1.165, 1.54) is 0 Å². The Morgan fingerprint density at radius 1 is 1.50 bits per heavy atom. The lowest BCUT2D eigenvalue weighted by Crippen LogP contribution is -2.44. The van der Waals surface area contributed by atoms with Crippen molar-refractivity contribution < 1.29 is 4.74 Å². The van der Waals surface area contributed by atoms with Crippen molar-refractivity contribution >= 4 is 11.6 Å². The highest BCUT2D eigenvalue weighted by molar-refractivity contribution is 6.31. The number of hydrogen-bond acceptors (Lipinski definition) is 4. The van der Waals surface area contributed by atoms with Gasteiger partial charge in [0.15, 0.2) is 0 Å². The Balaban J connectivity index is 1.74. The number of pyridine rings is 1. The monoisotopic (exact) mass is 269 g/mol. The van der Waals surface area contributed by atoms with Gasteiger partial charge in [-0.15, -0.1) is 0 Å². The molecule has 0 aliphatic carbocycles. The molecule has 1 unspecified atom stereocenters. The molecule has 0 radical (unpaired) electrons. The first-order valence-corrected chi connectivity index (χ1v) is 6.75. The molecule has 0 bridgehead atoms. The molecule has 0 aromatic carbocycles. The van der Waals surface area contributed by atoms with Crippen LogP contribution in [0, 0.1) is 0 Å². The van der Waals surface area contributed by atoms with Gasteiger partial charge in [0.25, 0.3) is 0 Å². The SMILES string of the molecule is CC(CN1CCOCC1)NCc1ccncc1Cl. The van der Waals surface area contributed by atoms with E-state index in [0.29, 0.717) is 6.04 Å². The Bertz CT molecular complexity index is 369. The zero-order chi connectivity index (χ0) is 12.8. The number of aromatic nitrogens is 1. The molecule has 1 atom stereocenters. The van der Waals surface area contributed by atoms with Gasteiger partial charge in [-0.1, -0.05) is 11.6 Å². The van der Waals surface area contributed by atoms with Gasteiger partial charge in [0.1, 0.15) is 0 Å². The van der Waals surface area contributed by atoms with E-state index in [1.54, 1.807) is 12.4 Å². The van der Waals surface area contributed by atoms with Crippen molar-refractivity contribution in [2.24, 2.45) is 0 Å². The van der Waals surface area contributed by atoms with E-state index in [-0.39, 0.29) is 0 Å². The summed E-state index contributed by atoms with van der Waals surface area (Å²) in [6.45, 7) is 7.79. The van der Waals surface area contributed by atoms with E-state index in [9.17, 15) is 0 Å². The first-order valence-electron chi connectivity index (χ1n) is 6.37. The van der Waals surface area contributed by atoms with Gasteiger partial charge in [0.05, 0.1) is 18.2 Å². The van der Waals surface area contributed by atoms with Crippen LogP contribution in [-0.2, 0) is 11.3 Å². The van der Waals surface area contributed by atoms with Crippen molar-refractivity contribution in [3.63, 3.8) is 0 Å². The van der Waals surface area contributed by atoms with Gasteiger partial charge < -0.3 is 10.1 Å². The summed E-state index contributed by atoms with van der Waals surface area (Å²) in [5.74, 6) is 0. The van der Waals surface area contributed by atoms with E-state index < -0.39 is 0 Å². The van der Waals surface area contributed by atoms with Gasteiger partial charge in [-0.05, 0) is 18.6 Å². The molecular formula is C13H20ClN3O. The number of halogens is 1. The van der Waals surface area contributed by atoms with Gasteiger partial charge in [0.2, 0.25) is 0 Å². The number of nitrogens with one attached hydrogen (secondary N) is 1. The van der Waals surface area contributed by atoms with Crippen molar-refractivity contribution in [2.75, 3.05) is 32.8 Å². The lowest BCUT2D eigenvalue weighted by Gasteiger charge is -2.29. The predicted molar refractivity (Wildman–Crippen MR) is 72.8 cm³/mol. The third-order valence-corrected chi connectivity index (χ3v) is 3.47. The van der Waals surface area contributed by atoms with Crippen LogP contribution in [0.1, 0.15) is 12.5 Å². The molecule has 1 aromatic heterocycles. The van der Waals surface area contributed by atoms with Crippen molar-refractivity contribution in [3.8, 4) is 0 Å². The molecule has 1 aliphatic rings. The minimum Gasteiger partial charge on any atom is -0.379 e. The van der Waals surface area contributed by atoms with Crippen LogP contribution in [0.5, 0.6) is 0 Å². The van der Waals surface area contributed by atoms with Gasteiger partial charge >= 0.3 is 0 Å². The Kier molecular flexibility index (Phi) is 5.38. The van der Waals surface area contributed by atoms with Crippen LogP contribution >= 0.6 is 11.6 Å². The smallest absolute Gasteiger partial charge is 0.0634 e. The van der Waals surface area contributed by atoms with Gasteiger partial charge in [0, 0.05) is 44.6 Å². The molecular weight excluding hydrogens is 250 g/mol. The Morgan fingerprint density at radius 2 is 2.28 bits per heavy atom. The van der Waals surface area contributed by atoms with Crippen LogP contribution in [0.25, 0.3) is 0 Å². The average Bonchev–Trinajstić information content (AvgIpc) is 2.39. The third-order valence-electron chi connectivity index (χ3n) is 3.13. The normalized spacial score (nSPS) is 18.8. The summed E-state index contributed by atoms with van der Waals surface area (Å²) in [6, 6.07) is 2.39. The molecule has 1 fully saturated rings. The summed E-state index contributed by atoms with van der Waals surface area (Å²) in [7, 11) is 0. The predicted octanol–water partition coefficient (Wildman–Crippen LogP) is 1.55. The van der Waals surface area contributed by atoms with Gasteiger partial charge in [-0.25, -0.2) is 0 Å². The molecule has 100 valence electrons. The van der Waals surface area contributed by atoms with Crippen molar-refractivity contribution in [3.05, 3.63) is 29.0 Å². The molecule has 2 heterocycles. The maximum absolute atomic E-state index is 6.07. The Labute approximate surface area is 113 Å². The topological polar surface area (TPSA) is 37.4 Å². The van der Waals surface area contributed by atoms with E-state index in [0.717, 1.165) is 50.0 Å². The van der Waals surface area contributed by atoms with Crippen molar-refractivity contribution in [2.45, 2.75) is 19.5 Å². The Morgan fingerprint density at radius 3 is 3.00 bits per heavy atom. The molecule has 0 saturated carbocycles. The first-order chi connectivity index (χ1) is 8.75. The fourth-order valence-corrected chi connectivity index (χ4v) is 2.25. The summed E-state index contributed by atoms with van der Waals surface area (Å²) >= 11 is 6.07. The molecule has 1 aromatic rings. The zero-order valence-corrected chi connectivity index (χ0v) is 11.5. The molecule has 0 spiro atoms. The molecule has 2 rings (SSSR count). The molecule has 4 nitrogen and oxygen atoms in total. The van der Waals surface area contributed by atoms with Gasteiger partial charge in [-0.2, -0.15) is 0 Å². The fraction of sp³-hybridized carbons (Fsp3) is 0.615. The third kappa shape index (κ3) is 4.21. The minimum absolute atomic E-state index is 0.437. The Hall–Kier alpha value is -0.680. The molecule has 0 amide bonds. The van der Waals surface area contributed by atoms with Crippen LogP contribution in [0.2, 0.25) is 5.02 Å².